The van der Waals surface area contributed by atoms with Gasteiger partial charge >= 0.3 is 6.36 Å². The van der Waals surface area contributed by atoms with E-state index in [-0.39, 0.29) is 5.75 Å². The van der Waals surface area contributed by atoms with Gasteiger partial charge in [0, 0.05) is 0 Å². The van der Waals surface area contributed by atoms with Crippen LogP contribution in [0.2, 0.25) is 0 Å². The summed E-state index contributed by atoms with van der Waals surface area (Å²) in [6.07, 6.45) is -3.41. The highest BCUT2D eigenvalue weighted by atomic mass is 19.4. The molecule has 17 heavy (non-hydrogen) atoms. The first-order chi connectivity index (χ1) is 7.90. The normalized spacial score (nSPS) is 13.5. The van der Waals surface area contributed by atoms with Gasteiger partial charge in [0.05, 0.1) is 6.10 Å². The van der Waals surface area contributed by atoms with Gasteiger partial charge < -0.3 is 9.84 Å². The maximum Gasteiger partial charge on any atom is 0.573 e. The molecule has 0 radical (unpaired) electrons. The summed E-state index contributed by atoms with van der Waals surface area (Å²) in [7, 11) is 0. The summed E-state index contributed by atoms with van der Waals surface area (Å²) in [5.74, 6) is -0.251. The van der Waals surface area contributed by atoms with E-state index < -0.39 is 12.5 Å². The van der Waals surface area contributed by atoms with Crippen LogP contribution in [0.25, 0.3) is 0 Å². The van der Waals surface area contributed by atoms with Crippen molar-refractivity contribution in [3.05, 3.63) is 29.8 Å². The number of hydrogen-bond acceptors (Lipinski definition) is 2. The Morgan fingerprint density at radius 2 is 2.06 bits per heavy atom. The predicted molar refractivity (Wildman–Crippen MR) is 57.7 cm³/mol. The highest BCUT2D eigenvalue weighted by Gasteiger charge is 2.31. The van der Waals surface area contributed by atoms with Crippen molar-refractivity contribution in [2.45, 2.75) is 38.7 Å². The van der Waals surface area contributed by atoms with Crippen molar-refractivity contribution in [3.8, 4) is 5.75 Å². The van der Waals surface area contributed by atoms with Gasteiger partial charge in [0.15, 0.2) is 0 Å². The van der Waals surface area contributed by atoms with Crippen LogP contribution in [-0.4, -0.2) is 17.6 Å². The maximum atomic E-state index is 12.0. The van der Waals surface area contributed by atoms with Crippen LogP contribution in [0.15, 0.2) is 24.3 Å². The van der Waals surface area contributed by atoms with E-state index in [2.05, 4.69) is 4.74 Å². The van der Waals surface area contributed by atoms with Crippen molar-refractivity contribution in [2.24, 2.45) is 0 Å². The molecule has 0 saturated carbocycles. The summed E-state index contributed by atoms with van der Waals surface area (Å²) in [6.45, 7) is 1.94. The lowest BCUT2D eigenvalue weighted by Gasteiger charge is -2.12. The average molecular weight is 248 g/mol. The van der Waals surface area contributed by atoms with Gasteiger partial charge in [0.2, 0.25) is 0 Å². The Morgan fingerprint density at radius 1 is 1.35 bits per heavy atom. The molecule has 0 amide bonds. The van der Waals surface area contributed by atoms with E-state index in [9.17, 15) is 18.3 Å². The molecule has 0 aromatic heterocycles. The van der Waals surface area contributed by atoms with Crippen molar-refractivity contribution in [1.29, 1.82) is 0 Å². The Labute approximate surface area is 98.0 Å². The van der Waals surface area contributed by atoms with Gasteiger partial charge in [-0.15, -0.1) is 13.2 Å². The number of alkyl halides is 3. The molecule has 0 aliphatic rings. The van der Waals surface area contributed by atoms with E-state index in [0.29, 0.717) is 18.4 Å². The molecule has 5 heteroatoms. The summed E-state index contributed by atoms with van der Waals surface area (Å²) in [6, 6.07) is 5.69. The zero-order valence-electron chi connectivity index (χ0n) is 9.50. The molecule has 1 aromatic carbocycles. The molecule has 0 aliphatic carbocycles. The van der Waals surface area contributed by atoms with Gasteiger partial charge in [-0.1, -0.05) is 25.5 Å². The van der Waals surface area contributed by atoms with Gasteiger partial charge in [0.25, 0.3) is 0 Å². The number of rotatable bonds is 5. The third-order valence-corrected chi connectivity index (χ3v) is 2.23. The lowest BCUT2D eigenvalue weighted by Crippen LogP contribution is -2.17. The van der Waals surface area contributed by atoms with Crippen LogP contribution in [0, 0.1) is 0 Å². The van der Waals surface area contributed by atoms with Crippen LogP contribution in [0.5, 0.6) is 5.75 Å². The molecule has 0 saturated heterocycles. The number of hydrogen-bond donors (Lipinski definition) is 1. The lowest BCUT2D eigenvalue weighted by molar-refractivity contribution is -0.274. The number of halogens is 3. The fraction of sp³-hybridized carbons (Fsp3) is 0.500. The van der Waals surface area contributed by atoms with Gasteiger partial charge in [-0.05, 0) is 30.5 Å². The van der Waals surface area contributed by atoms with Crippen LogP contribution in [0.1, 0.15) is 25.3 Å². The Kier molecular flexibility index (Phi) is 4.81. The monoisotopic (exact) mass is 248 g/mol. The number of benzene rings is 1. The Morgan fingerprint density at radius 3 is 2.65 bits per heavy atom. The standard InChI is InChI=1S/C12H15F3O2/c1-2-4-10(16)7-9-5-3-6-11(8-9)17-12(13,14)15/h3,5-6,8,10,16H,2,4,7H2,1H3. The smallest absolute Gasteiger partial charge is 0.406 e. The molecule has 2 nitrogen and oxygen atoms in total. The minimum Gasteiger partial charge on any atom is -0.406 e. The van der Waals surface area contributed by atoms with Crippen molar-refractivity contribution in [2.75, 3.05) is 0 Å². The summed E-state index contributed by atoms with van der Waals surface area (Å²) < 4.78 is 39.8. The highest BCUT2D eigenvalue weighted by Crippen LogP contribution is 2.23. The minimum atomic E-state index is -4.68. The lowest BCUT2D eigenvalue weighted by atomic mass is 10.0. The van der Waals surface area contributed by atoms with Crippen LogP contribution in [0.3, 0.4) is 0 Å². The van der Waals surface area contributed by atoms with Gasteiger partial charge in [-0.2, -0.15) is 0 Å². The second-order valence-electron chi connectivity index (χ2n) is 3.84. The number of aliphatic hydroxyl groups excluding tert-OH is 1. The van der Waals surface area contributed by atoms with Crippen molar-refractivity contribution in [3.63, 3.8) is 0 Å². The maximum absolute atomic E-state index is 12.0. The first-order valence-electron chi connectivity index (χ1n) is 5.43. The quantitative estimate of drug-likeness (QED) is 0.866. The molecule has 0 aliphatic heterocycles. The van der Waals surface area contributed by atoms with Crippen molar-refractivity contribution < 1.29 is 23.0 Å². The van der Waals surface area contributed by atoms with Crippen LogP contribution < -0.4 is 4.74 Å². The Balaban J connectivity index is 2.66. The highest BCUT2D eigenvalue weighted by molar-refractivity contribution is 5.29. The van der Waals surface area contributed by atoms with Gasteiger partial charge in [-0.25, -0.2) is 0 Å². The molecule has 1 N–H and O–H groups in total. The Hall–Kier alpha value is -1.23. The summed E-state index contributed by atoms with van der Waals surface area (Å²) in [5, 5.41) is 9.56. The molecule has 1 unspecified atom stereocenters. The SMILES string of the molecule is CCCC(O)Cc1cccc(OC(F)(F)F)c1. The van der Waals surface area contributed by atoms with Gasteiger partial charge in [0.1, 0.15) is 5.75 Å². The molecular weight excluding hydrogens is 233 g/mol. The van der Waals surface area contributed by atoms with E-state index >= 15 is 0 Å². The first kappa shape index (κ1) is 13.8. The van der Waals surface area contributed by atoms with E-state index in [4.69, 9.17) is 0 Å². The number of aliphatic hydroxyl groups is 1. The van der Waals surface area contributed by atoms with Crippen molar-refractivity contribution >= 4 is 0 Å². The first-order valence-corrected chi connectivity index (χ1v) is 5.43. The summed E-state index contributed by atoms with van der Waals surface area (Å²) in [4.78, 5) is 0. The summed E-state index contributed by atoms with van der Waals surface area (Å²) >= 11 is 0. The predicted octanol–water partition coefficient (Wildman–Crippen LogP) is 3.29. The Bertz CT molecular complexity index is 350. The molecular formula is C12H15F3O2. The third kappa shape index (κ3) is 5.58. The molecule has 1 rings (SSSR count). The topological polar surface area (TPSA) is 29.5 Å². The molecule has 1 atom stereocenters. The van der Waals surface area contributed by atoms with E-state index in [1.165, 1.54) is 18.2 Å². The molecule has 0 spiro atoms. The van der Waals surface area contributed by atoms with Gasteiger partial charge in [-0.3, -0.25) is 0 Å². The van der Waals surface area contributed by atoms with Crippen molar-refractivity contribution in [1.82, 2.24) is 0 Å². The fourth-order valence-corrected chi connectivity index (χ4v) is 1.58. The third-order valence-electron chi connectivity index (χ3n) is 2.23. The zero-order chi connectivity index (χ0) is 12.9. The van der Waals surface area contributed by atoms with E-state index in [1.807, 2.05) is 6.92 Å². The van der Waals surface area contributed by atoms with Crippen LogP contribution in [0.4, 0.5) is 13.2 Å². The largest absolute Gasteiger partial charge is 0.573 e. The van der Waals surface area contributed by atoms with Crippen LogP contribution in [-0.2, 0) is 6.42 Å². The molecule has 1 aromatic rings. The van der Waals surface area contributed by atoms with Crippen LogP contribution >= 0.6 is 0 Å². The molecule has 0 heterocycles. The second kappa shape index (κ2) is 5.91. The second-order valence-corrected chi connectivity index (χ2v) is 3.84. The molecule has 0 fully saturated rings. The molecule has 96 valence electrons. The average Bonchev–Trinajstić information content (AvgIpc) is 2.15. The summed E-state index contributed by atoms with van der Waals surface area (Å²) in [5.41, 5.74) is 0.632. The van der Waals surface area contributed by atoms with E-state index in [0.717, 1.165) is 6.42 Å². The number of ether oxygens (including phenoxy) is 1. The minimum absolute atomic E-state index is 0.251. The van der Waals surface area contributed by atoms with E-state index in [1.54, 1.807) is 6.07 Å². The fourth-order valence-electron chi connectivity index (χ4n) is 1.58. The molecule has 0 bridgehead atoms. The zero-order valence-corrected chi connectivity index (χ0v) is 9.50.